The highest BCUT2D eigenvalue weighted by Gasteiger charge is 2.06. The molecule has 0 radical (unpaired) electrons. The Morgan fingerprint density at radius 2 is 1.78 bits per heavy atom. The second-order valence-electron chi connectivity index (χ2n) is 5.04. The molecule has 23 heavy (non-hydrogen) atoms. The number of benzene rings is 2. The molecule has 0 fully saturated rings. The third-order valence-electron chi connectivity index (χ3n) is 3.34. The van der Waals surface area contributed by atoms with Gasteiger partial charge in [0.05, 0.1) is 0 Å². The van der Waals surface area contributed by atoms with Crippen LogP contribution in [0.2, 0.25) is 5.02 Å². The van der Waals surface area contributed by atoms with E-state index in [-0.39, 0.29) is 11.9 Å². The molecule has 2 rings (SSSR count). The number of amides is 3. The van der Waals surface area contributed by atoms with Crippen molar-refractivity contribution in [3.05, 3.63) is 64.2 Å². The number of rotatable bonds is 4. The lowest BCUT2D eigenvalue weighted by atomic mass is 10.1. The minimum Gasteiger partial charge on any atom is -0.355 e. The van der Waals surface area contributed by atoms with Gasteiger partial charge in [-0.05, 0) is 42.3 Å². The highest BCUT2D eigenvalue weighted by Crippen LogP contribution is 2.19. The molecule has 0 bridgehead atoms. The Labute approximate surface area is 140 Å². The molecule has 0 heterocycles. The predicted molar refractivity (Wildman–Crippen MR) is 91.9 cm³/mol. The van der Waals surface area contributed by atoms with Gasteiger partial charge in [-0.25, -0.2) is 4.79 Å². The maximum absolute atomic E-state index is 11.9. The standard InChI is InChI=1S/C17H18ClN3O2/c1-11-3-8-14(18)9-15(11)21-17(23)20-10-12-4-6-13(7-5-12)16(22)19-2/h3-9H,10H2,1-2H3,(H,19,22)(H2,20,21,23). The van der Waals surface area contributed by atoms with Gasteiger partial charge in [-0.15, -0.1) is 0 Å². The van der Waals surface area contributed by atoms with Crippen LogP contribution in [0.15, 0.2) is 42.5 Å². The van der Waals surface area contributed by atoms with E-state index in [1.165, 1.54) is 0 Å². The molecule has 0 atom stereocenters. The summed E-state index contributed by atoms with van der Waals surface area (Å²) in [6.45, 7) is 2.25. The SMILES string of the molecule is CNC(=O)c1ccc(CNC(=O)Nc2cc(Cl)ccc2C)cc1. The van der Waals surface area contributed by atoms with Crippen molar-refractivity contribution in [3.63, 3.8) is 0 Å². The second-order valence-corrected chi connectivity index (χ2v) is 5.48. The van der Waals surface area contributed by atoms with Crippen LogP contribution >= 0.6 is 11.6 Å². The van der Waals surface area contributed by atoms with Crippen molar-refractivity contribution in [1.82, 2.24) is 10.6 Å². The third kappa shape index (κ3) is 4.72. The zero-order chi connectivity index (χ0) is 16.8. The molecular weight excluding hydrogens is 314 g/mol. The molecule has 5 nitrogen and oxygen atoms in total. The molecule has 3 amide bonds. The summed E-state index contributed by atoms with van der Waals surface area (Å²) in [6, 6.07) is 12.0. The normalized spacial score (nSPS) is 10.0. The molecule has 0 unspecified atom stereocenters. The fourth-order valence-electron chi connectivity index (χ4n) is 2.00. The van der Waals surface area contributed by atoms with Crippen molar-refractivity contribution in [2.75, 3.05) is 12.4 Å². The smallest absolute Gasteiger partial charge is 0.319 e. The van der Waals surface area contributed by atoms with E-state index in [1.807, 2.05) is 13.0 Å². The quantitative estimate of drug-likeness (QED) is 0.804. The van der Waals surface area contributed by atoms with Crippen LogP contribution in [0, 0.1) is 6.92 Å². The van der Waals surface area contributed by atoms with Crippen molar-refractivity contribution < 1.29 is 9.59 Å². The molecule has 0 saturated carbocycles. The van der Waals surface area contributed by atoms with Gasteiger partial charge in [-0.2, -0.15) is 0 Å². The molecule has 0 aliphatic carbocycles. The zero-order valence-electron chi connectivity index (χ0n) is 12.9. The summed E-state index contributed by atoms with van der Waals surface area (Å²) >= 11 is 5.92. The fraction of sp³-hybridized carbons (Fsp3) is 0.176. The average Bonchev–Trinajstić information content (AvgIpc) is 2.56. The summed E-state index contributed by atoms with van der Waals surface area (Å²) in [6.07, 6.45) is 0. The molecule has 0 spiro atoms. The number of anilines is 1. The van der Waals surface area contributed by atoms with Crippen LogP contribution in [-0.2, 0) is 6.54 Å². The Kier molecular flexibility index (Phi) is 5.60. The number of carbonyl (C=O) groups excluding carboxylic acids is 2. The highest BCUT2D eigenvalue weighted by atomic mass is 35.5. The van der Waals surface area contributed by atoms with Gasteiger partial charge < -0.3 is 16.0 Å². The first kappa shape index (κ1) is 16.8. The molecule has 120 valence electrons. The predicted octanol–water partition coefficient (Wildman–Crippen LogP) is 3.33. The number of hydrogen-bond acceptors (Lipinski definition) is 2. The van der Waals surface area contributed by atoms with Gasteiger partial charge in [0.15, 0.2) is 0 Å². The Bertz CT molecular complexity index is 714. The minimum absolute atomic E-state index is 0.140. The monoisotopic (exact) mass is 331 g/mol. The number of nitrogens with one attached hydrogen (secondary N) is 3. The van der Waals surface area contributed by atoms with Crippen molar-refractivity contribution in [2.45, 2.75) is 13.5 Å². The van der Waals surface area contributed by atoms with E-state index < -0.39 is 0 Å². The highest BCUT2D eigenvalue weighted by molar-refractivity contribution is 6.31. The van der Waals surface area contributed by atoms with Gasteiger partial charge in [0.1, 0.15) is 0 Å². The third-order valence-corrected chi connectivity index (χ3v) is 3.58. The largest absolute Gasteiger partial charge is 0.355 e. The topological polar surface area (TPSA) is 70.2 Å². The maximum atomic E-state index is 11.9. The average molecular weight is 332 g/mol. The van der Waals surface area contributed by atoms with Gasteiger partial charge in [0.2, 0.25) is 0 Å². The van der Waals surface area contributed by atoms with E-state index in [0.717, 1.165) is 11.1 Å². The number of hydrogen-bond donors (Lipinski definition) is 3. The molecule has 0 aliphatic heterocycles. The van der Waals surface area contributed by atoms with E-state index in [9.17, 15) is 9.59 Å². The lowest BCUT2D eigenvalue weighted by Gasteiger charge is -2.10. The summed E-state index contributed by atoms with van der Waals surface area (Å²) in [5.74, 6) is -0.140. The minimum atomic E-state index is -0.314. The van der Waals surface area contributed by atoms with Crippen molar-refractivity contribution in [3.8, 4) is 0 Å². The van der Waals surface area contributed by atoms with E-state index >= 15 is 0 Å². The van der Waals surface area contributed by atoms with Gasteiger partial charge in [0, 0.05) is 29.9 Å². The number of halogens is 1. The number of carbonyl (C=O) groups is 2. The van der Waals surface area contributed by atoms with E-state index in [4.69, 9.17) is 11.6 Å². The van der Waals surface area contributed by atoms with Crippen molar-refractivity contribution in [1.29, 1.82) is 0 Å². The van der Waals surface area contributed by atoms with E-state index in [0.29, 0.717) is 22.8 Å². The lowest BCUT2D eigenvalue weighted by molar-refractivity contribution is 0.0963. The molecule has 3 N–H and O–H groups in total. The molecule has 2 aromatic rings. The zero-order valence-corrected chi connectivity index (χ0v) is 13.7. The fourth-order valence-corrected chi connectivity index (χ4v) is 2.17. The molecule has 0 aliphatic rings. The Balaban J connectivity index is 1.91. The number of aryl methyl sites for hydroxylation is 1. The molecule has 2 aromatic carbocycles. The van der Waals surface area contributed by atoms with Crippen LogP contribution in [0.4, 0.5) is 10.5 Å². The summed E-state index contributed by atoms with van der Waals surface area (Å²) in [5.41, 5.74) is 3.08. The molecular formula is C17H18ClN3O2. The Morgan fingerprint density at radius 1 is 1.09 bits per heavy atom. The van der Waals surface area contributed by atoms with E-state index in [1.54, 1.807) is 43.4 Å². The summed E-state index contributed by atoms with van der Waals surface area (Å²) in [4.78, 5) is 23.4. The number of urea groups is 1. The van der Waals surface area contributed by atoms with E-state index in [2.05, 4.69) is 16.0 Å². The second kappa shape index (κ2) is 7.65. The first-order valence-corrected chi connectivity index (χ1v) is 7.49. The van der Waals surface area contributed by atoms with Gasteiger partial charge >= 0.3 is 6.03 Å². The lowest BCUT2D eigenvalue weighted by Crippen LogP contribution is -2.28. The van der Waals surface area contributed by atoms with Gasteiger partial charge in [-0.3, -0.25) is 4.79 Å². The first-order chi connectivity index (χ1) is 11.0. The molecule has 6 heteroatoms. The van der Waals surface area contributed by atoms with Crippen molar-refractivity contribution >= 4 is 29.2 Å². The van der Waals surface area contributed by atoms with Crippen LogP contribution in [-0.4, -0.2) is 19.0 Å². The van der Waals surface area contributed by atoms with Crippen molar-refractivity contribution in [2.24, 2.45) is 0 Å². The maximum Gasteiger partial charge on any atom is 0.319 e. The molecule has 0 saturated heterocycles. The van der Waals surface area contributed by atoms with Crippen LogP contribution in [0.3, 0.4) is 0 Å². The summed E-state index contributed by atoms with van der Waals surface area (Å²) in [5, 5.41) is 8.65. The van der Waals surface area contributed by atoms with Gasteiger partial charge in [0.25, 0.3) is 5.91 Å². The van der Waals surface area contributed by atoms with Crippen LogP contribution < -0.4 is 16.0 Å². The van der Waals surface area contributed by atoms with Crippen LogP contribution in [0.5, 0.6) is 0 Å². The Hall–Kier alpha value is -2.53. The summed E-state index contributed by atoms with van der Waals surface area (Å²) in [7, 11) is 1.58. The van der Waals surface area contributed by atoms with Gasteiger partial charge in [-0.1, -0.05) is 29.8 Å². The molecule has 0 aromatic heterocycles. The summed E-state index contributed by atoms with van der Waals surface area (Å²) < 4.78 is 0. The van der Waals surface area contributed by atoms with Crippen LogP contribution in [0.25, 0.3) is 0 Å². The van der Waals surface area contributed by atoms with Crippen LogP contribution in [0.1, 0.15) is 21.5 Å². The first-order valence-electron chi connectivity index (χ1n) is 7.11. The Morgan fingerprint density at radius 3 is 2.43 bits per heavy atom.